The molecule has 1 heterocycles. The van der Waals surface area contributed by atoms with Gasteiger partial charge in [-0.05, 0) is 30.0 Å². The van der Waals surface area contributed by atoms with Crippen LogP contribution < -0.4 is 5.73 Å². The van der Waals surface area contributed by atoms with E-state index in [1.165, 1.54) is 0 Å². The first-order chi connectivity index (χ1) is 9.10. The van der Waals surface area contributed by atoms with Gasteiger partial charge in [0.1, 0.15) is 5.82 Å². The largest absolute Gasteiger partial charge is 0.419 e. The number of hydrogen-bond acceptors (Lipinski definition) is 3. The summed E-state index contributed by atoms with van der Waals surface area (Å²) in [6.07, 6.45) is -4.42. The zero-order valence-electron chi connectivity index (χ0n) is 10.3. The summed E-state index contributed by atoms with van der Waals surface area (Å²) in [5.41, 5.74) is 4.66. The van der Waals surface area contributed by atoms with E-state index in [4.69, 9.17) is 5.73 Å². The Hall–Kier alpha value is -1.15. The molecule has 3 nitrogen and oxygen atoms in total. The third-order valence-electron chi connectivity index (χ3n) is 3.46. The summed E-state index contributed by atoms with van der Waals surface area (Å²) in [6, 6.07) is 1.68. The van der Waals surface area contributed by atoms with E-state index in [0.29, 0.717) is 12.5 Å². The molecule has 0 spiro atoms. The maximum atomic E-state index is 13.5. The van der Waals surface area contributed by atoms with Gasteiger partial charge in [-0.15, -0.1) is 0 Å². The van der Waals surface area contributed by atoms with Gasteiger partial charge in [-0.25, -0.2) is 12.8 Å². The molecule has 1 fully saturated rings. The van der Waals surface area contributed by atoms with Gasteiger partial charge in [0.25, 0.3) is 0 Å². The highest BCUT2D eigenvalue weighted by Crippen LogP contribution is 2.34. The molecule has 1 aliphatic rings. The quantitative estimate of drug-likeness (QED) is 0.853. The summed E-state index contributed by atoms with van der Waals surface area (Å²) >= 11 is 0. The zero-order valence-corrected chi connectivity index (χ0v) is 11.1. The molecule has 1 saturated heterocycles. The van der Waals surface area contributed by atoms with Crippen LogP contribution in [-0.2, 0) is 16.0 Å². The number of nitrogens with two attached hydrogens (primary N) is 1. The van der Waals surface area contributed by atoms with Crippen molar-refractivity contribution in [2.24, 2.45) is 11.7 Å². The first kappa shape index (κ1) is 15.2. The highest BCUT2D eigenvalue weighted by atomic mass is 32.2. The van der Waals surface area contributed by atoms with Crippen LogP contribution in [0.25, 0.3) is 0 Å². The van der Waals surface area contributed by atoms with Crippen LogP contribution in [0.5, 0.6) is 0 Å². The standard InChI is InChI=1S/C12H13F4NO2S/c13-10-5-7(1-2-9(10)12(14,15)16)11(17)8-3-4-20(18,19)6-8/h1-2,5,8,11H,3-4,6,17H2. The normalized spacial score (nSPS) is 23.8. The molecule has 20 heavy (non-hydrogen) atoms. The van der Waals surface area contributed by atoms with Gasteiger partial charge >= 0.3 is 6.18 Å². The molecular formula is C12H13F4NO2S. The molecule has 0 aromatic heterocycles. The van der Waals surface area contributed by atoms with E-state index >= 15 is 0 Å². The van der Waals surface area contributed by atoms with Gasteiger partial charge in [0, 0.05) is 6.04 Å². The van der Waals surface area contributed by atoms with Gasteiger partial charge < -0.3 is 5.73 Å². The Morgan fingerprint density at radius 2 is 1.95 bits per heavy atom. The van der Waals surface area contributed by atoms with E-state index in [-0.39, 0.29) is 17.1 Å². The van der Waals surface area contributed by atoms with Crippen LogP contribution in [0.15, 0.2) is 18.2 Å². The summed E-state index contributed by atoms with van der Waals surface area (Å²) in [7, 11) is -3.14. The highest BCUT2D eigenvalue weighted by molar-refractivity contribution is 7.91. The number of halogens is 4. The summed E-state index contributed by atoms with van der Waals surface area (Å²) < 4.78 is 73.5. The molecule has 0 radical (unpaired) electrons. The van der Waals surface area contributed by atoms with E-state index in [2.05, 4.69) is 0 Å². The summed E-state index contributed by atoms with van der Waals surface area (Å²) in [6.45, 7) is 0. The highest BCUT2D eigenvalue weighted by Gasteiger charge is 2.36. The second-order valence-electron chi connectivity index (χ2n) is 4.93. The lowest BCUT2D eigenvalue weighted by atomic mass is 9.92. The monoisotopic (exact) mass is 311 g/mol. The maximum Gasteiger partial charge on any atom is 0.419 e. The lowest BCUT2D eigenvalue weighted by Gasteiger charge is -2.19. The van der Waals surface area contributed by atoms with Crippen molar-refractivity contribution in [1.82, 2.24) is 0 Å². The smallest absolute Gasteiger partial charge is 0.324 e. The Balaban J connectivity index is 2.24. The minimum Gasteiger partial charge on any atom is -0.324 e. The van der Waals surface area contributed by atoms with Crippen molar-refractivity contribution >= 4 is 9.84 Å². The lowest BCUT2D eigenvalue weighted by Crippen LogP contribution is -2.23. The molecule has 0 aliphatic carbocycles. The molecule has 2 rings (SSSR count). The predicted octanol–water partition coefficient (Wildman–Crippen LogP) is 2.28. The Morgan fingerprint density at radius 3 is 2.40 bits per heavy atom. The first-order valence-corrected chi connectivity index (χ1v) is 7.75. The molecule has 0 amide bonds. The third kappa shape index (κ3) is 3.12. The number of alkyl halides is 3. The molecular weight excluding hydrogens is 298 g/mol. The van der Waals surface area contributed by atoms with Gasteiger partial charge in [0.05, 0.1) is 17.1 Å². The minimum absolute atomic E-state index is 0.00842. The topological polar surface area (TPSA) is 60.2 Å². The second kappa shape index (κ2) is 5.00. The summed E-state index contributed by atoms with van der Waals surface area (Å²) in [5.74, 6) is -1.90. The van der Waals surface area contributed by atoms with Crippen LogP contribution in [0.3, 0.4) is 0 Å². The zero-order chi connectivity index (χ0) is 15.1. The van der Waals surface area contributed by atoms with Crippen LogP contribution in [0.1, 0.15) is 23.6 Å². The van der Waals surface area contributed by atoms with Gasteiger partial charge in [0.15, 0.2) is 9.84 Å². The van der Waals surface area contributed by atoms with Crippen molar-refractivity contribution < 1.29 is 26.0 Å². The average Bonchev–Trinajstić information content (AvgIpc) is 2.67. The number of rotatable bonds is 2. The SMILES string of the molecule is NC(c1ccc(C(F)(F)F)c(F)c1)C1CCS(=O)(=O)C1. The van der Waals surface area contributed by atoms with Crippen molar-refractivity contribution in [2.75, 3.05) is 11.5 Å². The fraction of sp³-hybridized carbons (Fsp3) is 0.500. The van der Waals surface area contributed by atoms with E-state index in [1.807, 2.05) is 0 Å². The molecule has 8 heteroatoms. The molecule has 1 aromatic carbocycles. The van der Waals surface area contributed by atoms with Crippen molar-refractivity contribution in [3.05, 3.63) is 35.1 Å². The van der Waals surface area contributed by atoms with Crippen LogP contribution in [0, 0.1) is 11.7 Å². The summed E-state index contributed by atoms with van der Waals surface area (Å²) in [5, 5.41) is 0. The van der Waals surface area contributed by atoms with Crippen molar-refractivity contribution in [1.29, 1.82) is 0 Å². The molecule has 0 bridgehead atoms. The molecule has 2 unspecified atom stereocenters. The van der Waals surface area contributed by atoms with Gasteiger partial charge in [-0.2, -0.15) is 13.2 Å². The molecule has 1 aromatic rings. The van der Waals surface area contributed by atoms with Gasteiger partial charge in [-0.3, -0.25) is 0 Å². The fourth-order valence-corrected chi connectivity index (χ4v) is 4.20. The van der Waals surface area contributed by atoms with Crippen LogP contribution in [0.2, 0.25) is 0 Å². The molecule has 2 N–H and O–H groups in total. The van der Waals surface area contributed by atoms with E-state index < -0.39 is 39.4 Å². The van der Waals surface area contributed by atoms with E-state index in [1.54, 1.807) is 0 Å². The Kier molecular flexibility index (Phi) is 3.81. The summed E-state index contributed by atoms with van der Waals surface area (Å²) in [4.78, 5) is 0. The Morgan fingerprint density at radius 1 is 1.30 bits per heavy atom. The maximum absolute atomic E-state index is 13.5. The number of benzene rings is 1. The molecule has 112 valence electrons. The van der Waals surface area contributed by atoms with Crippen LogP contribution in [-0.4, -0.2) is 19.9 Å². The second-order valence-corrected chi connectivity index (χ2v) is 7.15. The van der Waals surface area contributed by atoms with Gasteiger partial charge in [0.2, 0.25) is 0 Å². The Bertz CT molecular complexity index is 612. The van der Waals surface area contributed by atoms with Crippen LogP contribution >= 0.6 is 0 Å². The van der Waals surface area contributed by atoms with Crippen LogP contribution in [0.4, 0.5) is 17.6 Å². The predicted molar refractivity (Wildman–Crippen MR) is 65.1 cm³/mol. The fourth-order valence-electron chi connectivity index (χ4n) is 2.35. The molecule has 0 saturated carbocycles. The Labute approximate surface area is 113 Å². The van der Waals surface area contributed by atoms with Gasteiger partial charge in [-0.1, -0.05) is 6.07 Å². The van der Waals surface area contributed by atoms with Crippen molar-refractivity contribution in [2.45, 2.75) is 18.6 Å². The van der Waals surface area contributed by atoms with E-state index in [0.717, 1.165) is 12.1 Å². The van der Waals surface area contributed by atoms with Crippen molar-refractivity contribution in [3.63, 3.8) is 0 Å². The van der Waals surface area contributed by atoms with Crippen molar-refractivity contribution in [3.8, 4) is 0 Å². The number of hydrogen-bond donors (Lipinski definition) is 1. The average molecular weight is 311 g/mol. The number of sulfone groups is 1. The third-order valence-corrected chi connectivity index (χ3v) is 5.25. The minimum atomic E-state index is -4.76. The first-order valence-electron chi connectivity index (χ1n) is 5.93. The molecule has 1 aliphatic heterocycles. The lowest BCUT2D eigenvalue weighted by molar-refractivity contribution is -0.140. The molecule has 2 atom stereocenters. The van der Waals surface area contributed by atoms with E-state index in [9.17, 15) is 26.0 Å².